The first-order chi connectivity index (χ1) is 17.1. The molecule has 1 aromatic rings. The molecule has 1 aromatic carbocycles. The molecule has 224 valence electrons. The summed E-state index contributed by atoms with van der Waals surface area (Å²) in [6.45, 7) is 13.2. The molecule has 2 aliphatic rings. The van der Waals surface area contributed by atoms with E-state index < -0.39 is 22.2 Å². The van der Waals surface area contributed by atoms with E-state index in [9.17, 15) is 24.8 Å². The summed E-state index contributed by atoms with van der Waals surface area (Å²) in [5, 5.41) is 20.0. The first-order valence-corrected chi connectivity index (χ1v) is 12.7. The lowest BCUT2D eigenvalue weighted by atomic mass is 10.1. The Kier molecular flexibility index (Phi) is 14.3. The monoisotopic (exact) mass is 555 g/mol. The van der Waals surface area contributed by atoms with Crippen LogP contribution in [0.15, 0.2) is 24.3 Å². The third kappa shape index (κ3) is 13.5. The standard InChI is InChI=1S/C16H22N2O5.C10H19NO3.2CH4/c1-16(2,3)23-15(19)17-10-4-5-14(11-17)22-13-8-6-12(7-9-13)18(20)21;1-10(2,3)14-9(13)11-6-4-5-8(12)7-11;;/h6-9,14H,4-5,10-11H2,1-3H3;8,12H,4-7H2,1-3H3;2*1H4. The minimum Gasteiger partial charge on any atom is -0.489 e. The average Bonchev–Trinajstić information content (AvgIpc) is 2.78. The van der Waals surface area contributed by atoms with E-state index in [0.29, 0.717) is 31.9 Å². The minimum absolute atomic E-state index is 0. The van der Waals surface area contributed by atoms with Crippen molar-refractivity contribution in [2.75, 3.05) is 26.2 Å². The normalized spacial score (nSPS) is 19.3. The van der Waals surface area contributed by atoms with Gasteiger partial charge in [0.15, 0.2) is 0 Å². The summed E-state index contributed by atoms with van der Waals surface area (Å²) in [5.74, 6) is 0.562. The van der Waals surface area contributed by atoms with E-state index in [1.807, 2.05) is 41.5 Å². The SMILES string of the molecule is C.C.CC(C)(C)OC(=O)N1CCCC(O)C1.CC(C)(C)OC(=O)N1CCCC(Oc2ccc([N+](=O)[O-])cc2)C1. The van der Waals surface area contributed by atoms with E-state index in [0.717, 1.165) is 25.7 Å². The van der Waals surface area contributed by atoms with Crippen LogP contribution < -0.4 is 4.74 Å². The molecule has 11 heteroatoms. The highest BCUT2D eigenvalue weighted by atomic mass is 16.6. The van der Waals surface area contributed by atoms with Gasteiger partial charge in [-0.25, -0.2) is 9.59 Å². The number of benzene rings is 1. The quantitative estimate of drug-likeness (QED) is 0.354. The zero-order chi connectivity index (χ0) is 27.8. The van der Waals surface area contributed by atoms with Crippen LogP contribution in [-0.4, -0.2) is 81.6 Å². The smallest absolute Gasteiger partial charge is 0.410 e. The molecule has 0 saturated carbocycles. The second-order valence-electron chi connectivity index (χ2n) is 11.3. The number of hydrogen-bond acceptors (Lipinski definition) is 8. The molecule has 3 rings (SSSR count). The van der Waals surface area contributed by atoms with Crippen LogP contribution in [0.4, 0.5) is 15.3 Å². The van der Waals surface area contributed by atoms with Gasteiger partial charge in [0.2, 0.25) is 0 Å². The number of non-ortho nitro benzene ring substituents is 1. The van der Waals surface area contributed by atoms with Gasteiger partial charge in [0, 0.05) is 31.8 Å². The Bertz CT molecular complexity index is 909. The van der Waals surface area contributed by atoms with Crippen molar-refractivity contribution in [3.63, 3.8) is 0 Å². The molecule has 2 fully saturated rings. The maximum atomic E-state index is 12.1. The molecule has 0 aromatic heterocycles. The first-order valence-electron chi connectivity index (χ1n) is 12.7. The van der Waals surface area contributed by atoms with Gasteiger partial charge in [0.05, 0.1) is 17.6 Å². The van der Waals surface area contributed by atoms with Crippen LogP contribution in [0.5, 0.6) is 5.75 Å². The molecule has 2 heterocycles. The molecular weight excluding hydrogens is 506 g/mol. The molecule has 2 atom stereocenters. The number of aliphatic hydroxyl groups is 1. The summed E-state index contributed by atoms with van der Waals surface area (Å²) in [6, 6.07) is 5.96. The van der Waals surface area contributed by atoms with Gasteiger partial charge in [-0.05, 0) is 79.4 Å². The van der Waals surface area contributed by atoms with Gasteiger partial charge in [-0.2, -0.15) is 0 Å². The Balaban J connectivity index is 0.000000783. The lowest BCUT2D eigenvalue weighted by Crippen LogP contribution is -2.46. The molecule has 0 aliphatic carbocycles. The van der Waals surface area contributed by atoms with Crippen LogP contribution >= 0.6 is 0 Å². The Labute approximate surface area is 233 Å². The van der Waals surface area contributed by atoms with Crippen molar-refractivity contribution in [3.05, 3.63) is 34.4 Å². The number of aliphatic hydroxyl groups excluding tert-OH is 1. The molecule has 2 unspecified atom stereocenters. The fourth-order valence-corrected chi connectivity index (χ4v) is 3.81. The van der Waals surface area contributed by atoms with Crippen LogP contribution in [0.1, 0.15) is 82.1 Å². The fraction of sp³-hybridized carbons (Fsp3) is 0.714. The number of hydrogen-bond donors (Lipinski definition) is 1. The van der Waals surface area contributed by atoms with E-state index in [1.165, 1.54) is 12.1 Å². The number of likely N-dealkylation sites (tertiary alicyclic amines) is 2. The lowest BCUT2D eigenvalue weighted by Gasteiger charge is -2.34. The zero-order valence-electron chi connectivity index (χ0n) is 22.8. The molecule has 39 heavy (non-hydrogen) atoms. The third-order valence-corrected chi connectivity index (χ3v) is 5.43. The Morgan fingerprint density at radius 3 is 1.77 bits per heavy atom. The van der Waals surface area contributed by atoms with Gasteiger partial charge in [0.25, 0.3) is 5.69 Å². The highest BCUT2D eigenvalue weighted by molar-refractivity contribution is 5.68. The summed E-state index contributed by atoms with van der Waals surface area (Å²) in [6.07, 6.45) is 2.09. The van der Waals surface area contributed by atoms with Crippen molar-refractivity contribution in [2.24, 2.45) is 0 Å². The van der Waals surface area contributed by atoms with Gasteiger partial charge in [0.1, 0.15) is 23.1 Å². The molecule has 0 radical (unpaired) electrons. The molecule has 2 amide bonds. The molecule has 2 saturated heterocycles. The van der Waals surface area contributed by atoms with Crippen LogP contribution in [0.25, 0.3) is 0 Å². The summed E-state index contributed by atoms with van der Waals surface area (Å²) in [5.41, 5.74) is -0.959. The zero-order valence-corrected chi connectivity index (χ0v) is 22.8. The number of piperidine rings is 2. The summed E-state index contributed by atoms with van der Waals surface area (Å²) < 4.78 is 16.4. The van der Waals surface area contributed by atoms with Crippen molar-refractivity contribution in [1.29, 1.82) is 0 Å². The molecule has 1 N–H and O–H groups in total. The highest BCUT2D eigenvalue weighted by Crippen LogP contribution is 2.22. The van der Waals surface area contributed by atoms with Gasteiger partial charge in [-0.1, -0.05) is 14.9 Å². The lowest BCUT2D eigenvalue weighted by molar-refractivity contribution is -0.384. The molecular formula is C28H49N3O8. The van der Waals surface area contributed by atoms with Crippen molar-refractivity contribution in [2.45, 2.75) is 105 Å². The van der Waals surface area contributed by atoms with Gasteiger partial charge in [-0.3, -0.25) is 10.1 Å². The van der Waals surface area contributed by atoms with Gasteiger partial charge < -0.3 is 29.1 Å². The van der Waals surface area contributed by atoms with Crippen LogP contribution in [0.3, 0.4) is 0 Å². The number of ether oxygens (including phenoxy) is 3. The molecule has 2 aliphatic heterocycles. The number of β-amino-alcohol motifs (C(OH)–C–C–N with tert-alkyl or cyclic N) is 1. The number of rotatable bonds is 3. The second-order valence-corrected chi connectivity index (χ2v) is 11.3. The number of nitrogens with zero attached hydrogens (tertiary/aromatic N) is 3. The van der Waals surface area contributed by atoms with E-state index >= 15 is 0 Å². The summed E-state index contributed by atoms with van der Waals surface area (Å²) in [4.78, 5) is 37.1. The van der Waals surface area contributed by atoms with Crippen molar-refractivity contribution < 1.29 is 33.8 Å². The largest absolute Gasteiger partial charge is 0.489 e. The topological polar surface area (TPSA) is 132 Å². The van der Waals surface area contributed by atoms with Crippen molar-refractivity contribution in [3.8, 4) is 5.75 Å². The van der Waals surface area contributed by atoms with Crippen molar-refractivity contribution >= 4 is 17.9 Å². The number of carbonyl (C=O) groups excluding carboxylic acids is 2. The summed E-state index contributed by atoms with van der Waals surface area (Å²) in [7, 11) is 0. The highest BCUT2D eigenvalue weighted by Gasteiger charge is 2.29. The van der Waals surface area contributed by atoms with E-state index in [1.54, 1.807) is 21.9 Å². The number of nitro benzene ring substituents is 1. The van der Waals surface area contributed by atoms with Gasteiger partial charge >= 0.3 is 12.2 Å². The van der Waals surface area contributed by atoms with Gasteiger partial charge in [-0.15, -0.1) is 0 Å². The maximum Gasteiger partial charge on any atom is 0.410 e. The Morgan fingerprint density at radius 1 is 0.872 bits per heavy atom. The maximum absolute atomic E-state index is 12.1. The van der Waals surface area contributed by atoms with Crippen LogP contribution in [0, 0.1) is 10.1 Å². The average molecular weight is 556 g/mol. The Hall–Kier alpha value is -3.08. The fourth-order valence-electron chi connectivity index (χ4n) is 3.81. The first kappa shape index (κ1) is 35.9. The molecule has 0 spiro atoms. The predicted molar refractivity (Wildman–Crippen MR) is 151 cm³/mol. The van der Waals surface area contributed by atoms with Crippen LogP contribution in [0.2, 0.25) is 0 Å². The predicted octanol–water partition coefficient (Wildman–Crippen LogP) is 6.02. The molecule has 0 bridgehead atoms. The summed E-state index contributed by atoms with van der Waals surface area (Å²) >= 11 is 0. The minimum atomic E-state index is -0.525. The number of nitro groups is 1. The number of amides is 2. The third-order valence-electron chi connectivity index (χ3n) is 5.43. The number of carbonyl (C=O) groups is 2. The van der Waals surface area contributed by atoms with E-state index in [4.69, 9.17) is 14.2 Å². The van der Waals surface area contributed by atoms with Crippen LogP contribution in [-0.2, 0) is 9.47 Å². The van der Waals surface area contributed by atoms with E-state index in [-0.39, 0.29) is 38.8 Å². The molecule has 11 nitrogen and oxygen atoms in total. The van der Waals surface area contributed by atoms with E-state index in [2.05, 4.69) is 0 Å². The van der Waals surface area contributed by atoms with Crippen molar-refractivity contribution in [1.82, 2.24) is 9.80 Å². The second kappa shape index (κ2) is 15.5. The Morgan fingerprint density at radius 2 is 1.33 bits per heavy atom.